The Morgan fingerprint density at radius 2 is 1.71 bits per heavy atom. The highest BCUT2D eigenvalue weighted by molar-refractivity contribution is 6.51. The summed E-state index contributed by atoms with van der Waals surface area (Å²) < 4.78 is 1.78. The second-order valence-corrected chi connectivity index (χ2v) is 9.56. The molecule has 9 nitrogen and oxygen atoms in total. The molecule has 0 fully saturated rings. The van der Waals surface area contributed by atoms with Crippen molar-refractivity contribution < 1.29 is 4.92 Å². The van der Waals surface area contributed by atoms with Gasteiger partial charge >= 0.3 is 0 Å². The lowest BCUT2D eigenvalue weighted by molar-refractivity contribution is -0.384. The van der Waals surface area contributed by atoms with Gasteiger partial charge in [0.2, 0.25) is 0 Å². The summed E-state index contributed by atoms with van der Waals surface area (Å²) >= 11 is 0. The van der Waals surface area contributed by atoms with Crippen LogP contribution in [0.3, 0.4) is 0 Å². The Kier molecular flexibility index (Phi) is 5.75. The van der Waals surface area contributed by atoms with Gasteiger partial charge in [-0.1, -0.05) is 43.2 Å². The molecule has 1 N–H and O–H groups in total. The number of para-hydroxylation sites is 2. The van der Waals surface area contributed by atoms with Crippen molar-refractivity contribution in [1.82, 2.24) is 9.78 Å². The molecule has 2 aliphatic heterocycles. The zero-order valence-electron chi connectivity index (χ0n) is 21.4. The van der Waals surface area contributed by atoms with Gasteiger partial charge in [-0.3, -0.25) is 10.1 Å². The first-order chi connectivity index (χ1) is 18.4. The summed E-state index contributed by atoms with van der Waals surface area (Å²) in [4.78, 5) is 23.2. The fourth-order valence-corrected chi connectivity index (χ4v) is 5.14. The van der Waals surface area contributed by atoms with Gasteiger partial charge in [0.05, 0.1) is 33.7 Å². The number of aromatic nitrogens is 2. The Hall–Kier alpha value is -4.79. The van der Waals surface area contributed by atoms with E-state index in [-0.39, 0.29) is 11.7 Å². The predicted molar refractivity (Wildman–Crippen MR) is 151 cm³/mol. The van der Waals surface area contributed by atoms with Crippen LogP contribution in [0.15, 0.2) is 82.8 Å². The number of aliphatic imine (C=N–C) groups is 2. The predicted octanol–water partition coefficient (Wildman–Crippen LogP) is 6.94. The Labute approximate surface area is 220 Å². The minimum atomic E-state index is -0.401. The normalized spacial score (nSPS) is 15.7. The maximum atomic E-state index is 11.2. The number of fused-ring (bicyclic) bond motifs is 4. The number of nitro groups is 1. The Bertz CT molecular complexity index is 1600. The van der Waals surface area contributed by atoms with Crippen molar-refractivity contribution in [2.45, 2.75) is 39.7 Å². The molecule has 0 saturated carbocycles. The number of amidine groups is 2. The van der Waals surface area contributed by atoms with E-state index in [4.69, 9.17) is 15.1 Å². The average molecular weight is 506 g/mol. The van der Waals surface area contributed by atoms with Crippen LogP contribution in [0, 0.1) is 24.0 Å². The fraction of sp³-hybridized carbons (Fsp3) is 0.207. The zero-order chi connectivity index (χ0) is 26.4. The number of rotatable bonds is 5. The molecule has 0 saturated heterocycles. The average Bonchev–Trinajstić information content (AvgIpc) is 3.26. The smallest absolute Gasteiger partial charge is 0.269 e. The minimum absolute atomic E-state index is 0.000709. The molecule has 4 aromatic rings. The van der Waals surface area contributed by atoms with E-state index in [9.17, 15) is 10.1 Å². The molecule has 38 heavy (non-hydrogen) atoms. The summed E-state index contributed by atoms with van der Waals surface area (Å²) in [7, 11) is 0. The summed E-state index contributed by atoms with van der Waals surface area (Å²) in [6, 6.07) is 22.7. The first-order valence-electron chi connectivity index (χ1n) is 12.7. The summed E-state index contributed by atoms with van der Waals surface area (Å²) in [5.74, 6) is 2.10. The van der Waals surface area contributed by atoms with E-state index >= 15 is 0 Å². The van der Waals surface area contributed by atoms with Gasteiger partial charge < -0.3 is 10.2 Å². The SMILES string of the molecule is CCC[C@H]1c2c(C)nn(-c3ccc([N+](=O)[O-])cc3)c2N=C2C(Nc3ccc(C)cc3)=Nc3ccccc3N21. The molecule has 1 atom stereocenters. The number of nitrogens with one attached hydrogen (secondary N) is 1. The van der Waals surface area contributed by atoms with Crippen LogP contribution in [-0.2, 0) is 0 Å². The molecule has 190 valence electrons. The molecular formula is C29H27N7O2. The second-order valence-electron chi connectivity index (χ2n) is 9.56. The minimum Gasteiger partial charge on any atom is -0.337 e. The van der Waals surface area contributed by atoms with E-state index in [1.807, 2.05) is 37.3 Å². The highest BCUT2D eigenvalue weighted by Gasteiger charge is 2.40. The summed E-state index contributed by atoms with van der Waals surface area (Å²) in [6.45, 7) is 6.24. The molecular weight excluding hydrogens is 478 g/mol. The quantitative estimate of drug-likeness (QED) is 0.234. The van der Waals surface area contributed by atoms with E-state index in [0.29, 0.717) is 11.5 Å². The lowest BCUT2D eigenvalue weighted by atomic mass is 9.96. The monoisotopic (exact) mass is 505 g/mol. The van der Waals surface area contributed by atoms with Gasteiger partial charge in [0.15, 0.2) is 17.5 Å². The van der Waals surface area contributed by atoms with Gasteiger partial charge in [-0.05, 0) is 56.7 Å². The number of nitrogens with zero attached hydrogens (tertiary/aromatic N) is 6. The number of anilines is 2. The van der Waals surface area contributed by atoms with Crippen LogP contribution in [0.25, 0.3) is 5.69 Å². The first-order valence-corrected chi connectivity index (χ1v) is 12.7. The maximum Gasteiger partial charge on any atom is 0.269 e. The van der Waals surface area contributed by atoms with Crippen molar-refractivity contribution in [3.05, 3.63) is 99.7 Å². The molecule has 0 spiro atoms. The molecule has 9 heteroatoms. The molecule has 0 amide bonds. The lowest BCUT2D eigenvalue weighted by Crippen LogP contribution is -2.46. The van der Waals surface area contributed by atoms with Gasteiger partial charge in [0, 0.05) is 23.4 Å². The Morgan fingerprint density at radius 1 is 0.974 bits per heavy atom. The van der Waals surface area contributed by atoms with E-state index in [2.05, 4.69) is 42.3 Å². The van der Waals surface area contributed by atoms with Crippen LogP contribution in [0.1, 0.15) is 42.6 Å². The van der Waals surface area contributed by atoms with Gasteiger partial charge in [0.25, 0.3) is 5.69 Å². The third-order valence-corrected chi connectivity index (χ3v) is 6.93. The largest absolute Gasteiger partial charge is 0.337 e. The molecule has 3 aromatic carbocycles. The highest BCUT2D eigenvalue weighted by atomic mass is 16.6. The van der Waals surface area contributed by atoms with Crippen LogP contribution in [0.2, 0.25) is 0 Å². The van der Waals surface area contributed by atoms with Crippen LogP contribution in [0.4, 0.5) is 28.6 Å². The molecule has 2 aliphatic rings. The number of benzene rings is 3. The summed E-state index contributed by atoms with van der Waals surface area (Å²) in [6.07, 6.45) is 1.86. The molecule has 0 aliphatic carbocycles. The van der Waals surface area contributed by atoms with Gasteiger partial charge in [-0.2, -0.15) is 5.10 Å². The number of nitro benzene ring substituents is 1. The first kappa shape index (κ1) is 23.6. The van der Waals surface area contributed by atoms with Crippen molar-refractivity contribution in [3.63, 3.8) is 0 Å². The number of non-ortho nitro benzene ring substituents is 1. The molecule has 0 unspecified atom stereocenters. The third kappa shape index (κ3) is 3.92. The molecule has 6 rings (SSSR count). The summed E-state index contributed by atoms with van der Waals surface area (Å²) in [5.41, 5.74) is 6.68. The fourth-order valence-electron chi connectivity index (χ4n) is 5.14. The van der Waals surface area contributed by atoms with Gasteiger partial charge in [0.1, 0.15) is 0 Å². The molecule has 3 heterocycles. The number of hydrogen-bond acceptors (Lipinski definition) is 7. The van der Waals surface area contributed by atoms with Gasteiger partial charge in [-0.15, -0.1) is 0 Å². The van der Waals surface area contributed by atoms with E-state index in [1.165, 1.54) is 17.7 Å². The number of hydrogen-bond donors (Lipinski definition) is 1. The van der Waals surface area contributed by atoms with Gasteiger partial charge in [-0.25, -0.2) is 14.7 Å². The van der Waals surface area contributed by atoms with Crippen LogP contribution in [0.5, 0.6) is 0 Å². The Balaban J connectivity index is 1.54. The highest BCUT2D eigenvalue weighted by Crippen LogP contribution is 2.47. The van der Waals surface area contributed by atoms with Crippen molar-refractivity contribution in [3.8, 4) is 5.69 Å². The summed E-state index contributed by atoms with van der Waals surface area (Å²) in [5, 5.41) is 19.6. The third-order valence-electron chi connectivity index (χ3n) is 6.93. The van der Waals surface area contributed by atoms with Crippen molar-refractivity contribution in [1.29, 1.82) is 0 Å². The zero-order valence-corrected chi connectivity index (χ0v) is 21.4. The number of aryl methyl sites for hydroxylation is 2. The van der Waals surface area contributed by atoms with Crippen LogP contribution >= 0.6 is 0 Å². The standard InChI is InChI=1S/C29H27N7O2/c1-4-7-25-26-19(3)33-35(21-14-16-22(17-15-21)36(37)38)28(26)32-29-27(30-20-12-10-18(2)11-13-20)31-23-8-5-6-9-24(23)34(25)29/h5-6,8-17,25H,4,7H2,1-3H3,(H,30,31)/t25-/m0/s1. The van der Waals surface area contributed by atoms with Crippen molar-refractivity contribution in [2.24, 2.45) is 9.98 Å². The Morgan fingerprint density at radius 3 is 2.42 bits per heavy atom. The van der Waals surface area contributed by atoms with E-state index < -0.39 is 4.92 Å². The van der Waals surface area contributed by atoms with Crippen molar-refractivity contribution in [2.75, 3.05) is 10.2 Å². The molecule has 1 aromatic heterocycles. The molecule has 0 bridgehead atoms. The second kappa shape index (κ2) is 9.26. The van der Waals surface area contributed by atoms with E-state index in [0.717, 1.165) is 52.8 Å². The molecule has 0 radical (unpaired) electrons. The van der Waals surface area contributed by atoms with Crippen LogP contribution in [-0.4, -0.2) is 26.4 Å². The van der Waals surface area contributed by atoms with Crippen LogP contribution < -0.4 is 10.2 Å². The topological polar surface area (TPSA) is 101 Å². The van der Waals surface area contributed by atoms with E-state index in [1.54, 1.807) is 16.8 Å². The lowest BCUT2D eigenvalue weighted by Gasteiger charge is -2.40. The van der Waals surface area contributed by atoms with Crippen molar-refractivity contribution >= 4 is 40.2 Å². The maximum absolute atomic E-state index is 11.2.